The predicted octanol–water partition coefficient (Wildman–Crippen LogP) is 3.86. The van der Waals surface area contributed by atoms with Crippen LogP contribution >= 0.6 is 0 Å². The van der Waals surface area contributed by atoms with Crippen molar-refractivity contribution in [2.45, 2.75) is 25.9 Å². The van der Waals surface area contributed by atoms with Crippen molar-refractivity contribution in [2.24, 2.45) is 5.73 Å². The number of hydrogen-bond donors (Lipinski definition) is 1. The summed E-state index contributed by atoms with van der Waals surface area (Å²) in [7, 11) is 0. The molecular formula is C17H16F3N3. The average molecular weight is 319 g/mol. The first-order valence-electron chi connectivity index (χ1n) is 7.37. The number of para-hydroxylation sites is 2. The molecule has 3 nitrogen and oxygen atoms in total. The molecule has 0 aliphatic heterocycles. The van der Waals surface area contributed by atoms with Crippen molar-refractivity contribution in [2.75, 3.05) is 0 Å². The molecule has 2 N–H and O–H groups in total. The number of aromatic nitrogens is 2. The Labute approximate surface area is 131 Å². The minimum atomic E-state index is -1.50. The molecule has 0 fully saturated rings. The van der Waals surface area contributed by atoms with Gasteiger partial charge in [-0.3, -0.25) is 0 Å². The number of halogens is 3. The quantitative estimate of drug-likeness (QED) is 0.742. The Hall–Kier alpha value is -2.34. The van der Waals surface area contributed by atoms with Crippen LogP contribution in [0.25, 0.3) is 22.4 Å². The summed E-state index contributed by atoms with van der Waals surface area (Å²) in [6.07, 6.45) is 0.728. The summed E-state index contributed by atoms with van der Waals surface area (Å²) in [5, 5.41) is 0. The van der Waals surface area contributed by atoms with Crippen LogP contribution in [0.4, 0.5) is 13.2 Å². The van der Waals surface area contributed by atoms with Crippen molar-refractivity contribution in [3.63, 3.8) is 0 Å². The van der Waals surface area contributed by atoms with Crippen LogP contribution in [0.3, 0.4) is 0 Å². The Bertz CT molecular complexity index is 858. The number of nitrogens with zero attached hydrogens (tertiary/aromatic N) is 2. The maximum atomic E-state index is 14.2. The lowest BCUT2D eigenvalue weighted by molar-refractivity contribution is 0.448. The zero-order valence-corrected chi connectivity index (χ0v) is 12.6. The van der Waals surface area contributed by atoms with Gasteiger partial charge in [0.2, 0.25) is 0 Å². The Morgan fingerprint density at radius 3 is 2.57 bits per heavy atom. The number of rotatable bonds is 4. The highest BCUT2D eigenvalue weighted by atomic mass is 19.2. The molecule has 0 saturated heterocycles. The van der Waals surface area contributed by atoms with Gasteiger partial charge in [0.15, 0.2) is 17.5 Å². The molecule has 0 aliphatic rings. The van der Waals surface area contributed by atoms with Crippen LogP contribution in [0.15, 0.2) is 36.4 Å². The van der Waals surface area contributed by atoms with Crippen molar-refractivity contribution < 1.29 is 13.2 Å². The van der Waals surface area contributed by atoms with E-state index in [2.05, 4.69) is 4.98 Å². The van der Waals surface area contributed by atoms with Crippen LogP contribution in [-0.4, -0.2) is 15.6 Å². The third-order valence-electron chi connectivity index (χ3n) is 3.87. The van der Waals surface area contributed by atoms with Crippen molar-refractivity contribution in [3.8, 4) is 11.4 Å². The van der Waals surface area contributed by atoms with E-state index in [4.69, 9.17) is 5.73 Å². The summed E-state index contributed by atoms with van der Waals surface area (Å²) < 4.78 is 42.7. The first-order valence-corrected chi connectivity index (χ1v) is 7.37. The van der Waals surface area contributed by atoms with E-state index >= 15 is 0 Å². The van der Waals surface area contributed by atoms with E-state index in [1.54, 1.807) is 10.6 Å². The largest absolute Gasteiger partial charge is 0.326 e. The van der Waals surface area contributed by atoms with Gasteiger partial charge in [-0.1, -0.05) is 19.1 Å². The molecule has 0 aliphatic carbocycles. The number of nitrogens with two attached hydrogens (primary N) is 1. The van der Waals surface area contributed by atoms with Crippen molar-refractivity contribution in [3.05, 3.63) is 53.8 Å². The third kappa shape index (κ3) is 2.70. The second-order valence-electron chi connectivity index (χ2n) is 5.43. The van der Waals surface area contributed by atoms with Gasteiger partial charge in [0, 0.05) is 12.6 Å². The van der Waals surface area contributed by atoms with Gasteiger partial charge in [0.1, 0.15) is 5.82 Å². The fourth-order valence-electron chi connectivity index (χ4n) is 2.53. The van der Waals surface area contributed by atoms with Crippen LogP contribution < -0.4 is 5.73 Å². The van der Waals surface area contributed by atoms with Crippen molar-refractivity contribution in [1.82, 2.24) is 9.55 Å². The summed E-state index contributed by atoms with van der Waals surface area (Å²) >= 11 is 0. The molecule has 0 radical (unpaired) electrons. The maximum absolute atomic E-state index is 14.2. The fourth-order valence-corrected chi connectivity index (χ4v) is 2.53. The molecule has 1 heterocycles. The first-order chi connectivity index (χ1) is 11.0. The molecule has 2 aromatic carbocycles. The zero-order valence-electron chi connectivity index (χ0n) is 12.6. The Kier molecular flexibility index (Phi) is 4.09. The summed E-state index contributed by atoms with van der Waals surface area (Å²) in [5.74, 6) is -3.72. The van der Waals surface area contributed by atoms with Crippen molar-refractivity contribution >= 4 is 11.0 Å². The summed E-state index contributed by atoms with van der Waals surface area (Å²) in [6.45, 7) is 2.35. The molecule has 0 amide bonds. The number of imidazole rings is 1. The highest BCUT2D eigenvalue weighted by molar-refractivity contribution is 5.80. The number of benzene rings is 2. The molecule has 1 aromatic heterocycles. The topological polar surface area (TPSA) is 43.8 Å². The molecule has 1 atom stereocenters. The number of hydrogen-bond acceptors (Lipinski definition) is 2. The van der Waals surface area contributed by atoms with E-state index in [-0.39, 0.29) is 17.4 Å². The molecule has 3 rings (SSSR count). The van der Waals surface area contributed by atoms with Crippen LogP contribution in [0.2, 0.25) is 0 Å². The number of fused-ring (bicyclic) bond motifs is 1. The lowest BCUT2D eigenvalue weighted by Gasteiger charge is -2.14. The molecule has 0 saturated carbocycles. The summed E-state index contributed by atoms with van der Waals surface area (Å²) in [6, 6.07) is 9.21. The fraction of sp³-hybridized carbons (Fsp3) is 0.235. The van der Waals surface area contributed by atoms with Gasteiger partial charge in [-0.2, -0.15) is 0 Å². The van der Waals surface area contributed by atoms with Gasteiger partial charge in [0.25, 0.3) is 0 Å². The maximum Gasteiger partial charge on any atom is 0.195 e. The first kappa shape index (κ1) is 15.6. The summed E-state index contributed by atoms with van der Waals surface area (Å²) in [4.78, 5) is 4.38. The minimum Gasteiger partial charge on any atom is -0.326 e. The minimum absolute atomic E-state index is 0.0802. The smallest absolute Gasteiger partial charge is 0.195 e. The van der Waals surface area contributed by atoms with E-state index in [0.717, 1.165) is 18.0 Å². The van der Waals surface area contributed by atoms with Crippen LogP contribution in [0.5, 0.6) is 0 Å². The highest BCUT2D eigenvalue weighted by Gasteiger charge is 2.21. The van der Waals surface area contributed by atoms with Gasteiger partial charge in [0.05, 0.1) is 16.6 Å². The monoisotopic (exact) mass is 319 g/mol. The van der Waals surface area contributed by atoms with Gasteiger partial charge < -0.3 is 10.3 Å². The van der Waals surface area contributed by atoms with E-state index < -0.39 is 17.5 Å². The standard InChI is InChI=1S/C17H16F3N3/c1-2-10(21)9-23-14-6-4-3-5-13(14)22-17(23)11-7-8-12(18)16(20)15(11)19/h3-8,10H,2,9,21H2,1H3. The highest BCUT2D eigenvalue weighted by Crippen LogP contribution is 2.29. The lowest BCUT2D eigenvalue weighted by atomic mass is 10.1. The second-order valence-corrected chi connectivity index (χ2v) is 5.43. The van der Waals surface area contributed by atoms with E-state index in [1.165, 1.54) is 6.07 Å². The van der Waals surface area contributed by atoms with Gasteiger partial charge >= 0.3 is 0 Å². The summed E-state index contributed by atoms with van der Waals surface area (Å²) in [5.41, 5.74) is 7.36. The van der Waals surface area contributed by atoms with Crippen LogP contribution in [0, 0.1) is 17.5 Å². The Balaban J connectivity index is 2.24. The van der Waals surface area contributed by atoms with Gasteiger partial charge in [-0.05, 0) is 30.7 Å². The van der Waals surface area contributed by atoms with Gasteiger partial charge in [-0.25, -0.2) is 18.2 Å². The lowest BCUT2D eigenvalue weighted by Crippen LogP contribution is -2.25. The van der Waals surface area contributed by atoms with Crippen molar-refractivity contribution in [1.29, 1.82) is 0 Å². The van der Waals surface area contributed by atoms with E-state index in [1.807, 2.05) is 25.1 Å². The van der Waals surface area contributed by atoms with Crippen LogP contribution in [-0.2, 0) is 6.54 Å². The Morgan fingerprint density at radius 1 is 1.09 bits per heavy atom. The SMILES string of the molecule is CCC(N)Cn1c(-c2ccc(F)c(F)c2F)nc2ccccc21. The van der Waals surface area contributed by atoms with Crippen LogP contribution in [0.1, 0.15) is 13.3 Å². The molecule has 23 heavy (non-hydrogen) atoms. The normalized spacial score (nSPS) is 12.7. The Morgan fingerprint density at radius 2 is 1.83 bits per heavy atom. The molecule has 6 heteroatoms. The molecule has 1 unspecified atom stereocenters. The molecule has 3 aromatic rings. The molecular weight excluding hydrogens is 303 g/mol. The average Bonchev–Trinajstić information content (AvgIpc) is 2.91. The van der Waals surface area contributed by atoms with E-state index in [9.17, 15) is 13.2 Å². The molecule has 120 valence electrons. The van der Waals surface area contributed by atoms with Gasteiger partial charge in [-0.15, -0.1) is 0 Å². The van der Waals surface area contributed by atoms with E-state index in [0.29, 0.717) is 12.1 Å². The molecule has 0 bridgehead atoms. The zero-order chi connectivity index (χ0) is 16.6. The second kappa shape index (κ2) is 6.04. The predicted molar refractivity (Wildman–Crippen MR) is 83.3 cm³/mol. The molecule has 0 spiro atoms. The third-order valence-corrected chi connectivity index (χ3v) is 3.87.